The fourth-order valence-electron chi connectivity index (χ4n) is 1.47. The van der Waals surface area contributed by atoms with Gasteiger partial charge < -0.3 is 15.3 Å². The Morgan fingerprint density at radius 1 is 1.38 bits per heavy atom. The van der Waals surface area contributed by atoms with Gasteiger partial charge in [-0.3, -0.25) is 4.79 Å². The molecule has 0 spiro atoms. The van der Waals surface area contributed by atoms with Crippen molar-refractivity contribution in [1.29, 1.82) is 0 Å². The third-order valence-electron chi connectivity index (χ3n) is 2.31. The maximum Gasteiger partial charge on any atom is 0.327 e. The Morgan fingerprint density at radius 2 is 2.00 bits per heavy atom. The van der Waals surface area contributed by atoms with Crippen molar-refractivity contribution in [1.82, 2.24) is 10.2 Å². The summed E-state index contributed by atoms with van der Waals surface area (Å²) in [6.07, 6.45) is 3.34. The lowest BCUT2D eigenvalue weighted by Crippen LogP contribution is -2.47. The van der Waals surface area contributed by atoms with Crippen molar-refractivity contribution in [3.05, 3.63) is 0 Å². The van der Waals surface area contributed by atoms with E-state index in [0.717, 1.165) is 25.8 Å². The van der Waals surface area contributed by atoms with Crippen LogP contribution in [0.4, 0.5) is 0 Å². The highest BCUT2D eigenvalue weighted by Crippen LogP contribution is 1.98. The first-order valence-electron chi connectivity index (χ1n) is 5.65. The van der Waals surface area contributed by atoms with Crippen molar-refractivity contribution in [2.24, 2.45) is 0 Å². The minimum atomic E-state index is -0.988. The third kappa shape index (κ3) is 7.23. The van der Waals surface area contributed by atoms with E-state index in [1.54, 1.807) is 0 Å². The molecule has 0 aromatic rings. The van der Waals surface area contributed by atoms with Crippen LogP contribution in [-0.2, 0) is 9.59 Å². The van der Waals surface area contributed by atoms with E-state index in [0.29, 0.717) is 6.54 Å². The number of carbonyl (C=O) groups excluding carboxylic acids is 1. The number of amides is 1. The maximum absolute atomic E-state index is 10.9. The average molecular weight is 230 g/mol. The molecule has 0 aliphatic heterocycles. The van der Waals surface area contributed by atoms with E-state index in [1.165, 1.54) is 6.92 Å². The zero-order chi connectivity index (χ0) is 12.6. The van der Waals surface area contributed by atoms with Crippen molar-refractivity contribution in [3.63, 3.8) is 0 Å². The molecule has 94 valence electrons. The minimum Gasteiger partial charge on any atom is -0.480 e. The molecule has 1 amide bonds. The molecular weight excluding hydrogens is 208 g/mol. The number of nitrogens with one attached hydrogen (secondary N) is 1. The fraction of sp³-hybridized carbons (Fsp3) is 0.818. The number of carbonyl (C=O) groups is 2. The largest absolute Gasteiger partial charge is 0.480 e. The summed E-state index contributed by atoms with van der Waals surface area (Å²) in [7, 11) is 1.87. The van der Waals surface area contributed by atoms with E-state index in [9.17, 15) is 9.59 Å². The van der Waals surface area contributed by atoms with Crippen LogP contribution in [0.3, 0.4) is 0 Å². The molecule has 0 saturated heterocycles. The van der Waals surface area contributed by atoms with Gasteiger partial charge in [0.1, 0.15) is 6.04 Å². The second-order valence-corrected chi connectivity index (χ2v) is 4.06. The molecule has 0 rings (SSSR count). The van der Waals surface area contributed by atoms with E-state index in [4.69, 9.17) is 5.11 Å². The fourth-order valence-corrected chi connectivity index (χ4v) is 1.47. The first-order valence-corrected chi connectivity index (χ1v) is 5.65. The molecule has 0 aliphatic rings. The molecule has 16 heavy (non-hydrogen) atoms. The van der Waals surface area contributed by atoms with Gasteiger partial charge in [-0.15, -0.1) is 0 Å². The normalized spacial score (nSPS) is 12.5. The second-order valence-electron chi connectivity index (χ2n) is 4.06. The lowest BCUT2D eigenvalue weighted by atomic mass is 10.2. The first kappa shape index (κ1) is 14.9. The highest BCUT2D eigenvalue weighted by molar-refractivity contribution is 5.82. The molecule has 5 heteroatoms. The number of nitrogens with zero attached hydrogens (tertiary/aromatic N) is 1. The molecule has 1 atom stereocenters. The van der Waals surface area contributed by atoms with Crippen LogP contribution in [0.2, 0.25) is 0 Å². The van der Waals surface area contributed by atoms with Crippen molar-refractivity contribution in [2.45, 2.75) is 39.2 Å². The standard InChI is InChI=1S/C11H22N2O3/c1-4-5-6-7-13(3)8-10(11(15)16)12-9(2)14/h10H,4-8H2,1-3H3,(H,12,14)(H,15,16). The monoisotopic (exact) mass is 230 g/mol. The highest BCUT2D eigenvalue weighted by Gasteiger charge is 2.19. The summed E-state index contributed by atoms with van der Waals surface area (Å²) in [5.74, 6) is -1.30. The van der Waals surface area contributed by atoms with Gasteiger partial charge >= 0.3 is 5.97 Å². The average Bonchev–Trinajstić information content (AvgIpc) is 2.16. The molecule has 0 saturated carbocycles. The van der Waals surface area contributed by atoms with Crippen LogP contribution in [0.15, 0.2) is 0 Å². The number of hydrogen-bond acceptors (Lipinski definition) is 3. The van der Waals surface area contributed by atoms with Crippen LogP contribution < -0.4 is 5.32 Å². The van der Waals surface area contributed by atoms with E-state index in [-0.39, 0.29) is 5.91 Å². The Balaban J connectivity index is 3.98. The molecule has 0 radical (unpaired) electrons. The Morgan fingerprint density at radius 3 is 2.44 bits per heavy atom. The van der Waals surface area contributed by atoms with Crippen LogP contribution in [0.1, 0.15) is 33.1 Å². The summed E-state index contributed by atoms with van der Waals surface area (Å²) < 4.78 is 0. The zero-order valence-corrected chi connectivity index (χ0v) is 10.3. The summed E-state index contributed by atoms with van der Waals surface area (Å²) in [6, 6.07) is -0.816. The molecule has 0 aromatic heterocycles. The van der Waals surface area contributed by atoms with Gasteiger partial charge in [0, 0.05) is 13.5 Å². The number of rotatable bonds is 8. The van der Waals surface area contributed by atoms with Crippen molar-refractivity contribution in [2.75, 3.05) is 20.1 Å². The first-order chi connectivity index (χ1) is 7.47. The summed E-state index contributed by atoms with van der Waals surface area (Å²) in [4.78, 5) is 23.6. The van der Waals surface area contributed by atoms with Crippen molar-refractivity contribution >= 4 is 11.9 Å². The summed E-state index contributed by atoms with van der Waals surface area (Å²) in [5.41, 5.74) is 0. The Hall–Kier alpha value is -1.10. The summed E-state index contributed by atoms with van der Waals surface area (Å²) in [6.45, 7) is 4.65. The van der Waals surface area contributed by atoms with Crippen LogP contribution >= 0.6 is 0 Å². The number of unbranched alkanes of at least 4 members (excludes halogenated alkanes) is 2. The number of hydrogen-bond donors (Lipinski definition) is 2. The quantitative estimate of drug-likeness (QED) is 0.602. The molecule has 0 heterocycles. The molecule has 1 unspecified atom stereocenters. The molecule has 0 fully saturated rings. The molecule has 2 N–H and O–H groups in total. The van der Waals surface area contributed by atoms with E-state index in [1.807, 2.05) is 11.9 Å². The van der Waals surface area contributed by atoms with E-state index in [2.05, 4.69) is 12.2 Å². The van der Waals surface area contributed by atoms with Gasteiger partial charge in [-0.05, 0) is 20.0 Å². The Kier molecular flexibility index (Phi) is 7.54. The smallest absolute Gasteiger partial charge is 0.327 e. The van der Waals surface area contributed by atoms with E-state index < -0.39 is 12.0 Å². The Labute approximate surface area is 96.8 Å². The Bertz CT molecular complexity index is 231. The van der Waals surface area contributed by atoms with Crippen LogP contribution in [0, 0.1) is 0 Å². The topological polar surface area (TPSA) is 69.6 Å². The number of likely N-dealkylation sites (N-methyl/N-ethyl adjacent to an activating group) is 1. The van der Waals surface area contributed by atoms with E-state index >= 15 is 0 Å². The van der Waals surface area contributed by atoms with Crippen molar-refractivity contribution in [3.8, 4) is 0 Å². The SMILES string of the molecule is CCCCCN(C)CC(NC(C)=O)C(=O)O. The second kappa shape index (κ2) is 8.10. The molecule has 5 nitrogen and oxygen atoms in total. The van der Waals surface area contributed by atoms with Crippen LogP contribution in [0.25, 0.3) is 0 Å². The van der Waals surface area contributed by atoms with Gasteiger partial charge in [0.05, 0.1) is 0 Å². The minimum absolute atomic E-state index is 0.311. The van der Waals surface area contributed by atoms with Gasteiger partial charge in [-0.1, -0.05) is 19.8 Å². The van der Waals surface area contributed by atoms with Crippen molar-refractivity contribution < 1.29 is 14.7 Å². The lowest BCUT2D eigenvalue weighted by Gasteiger charge is -2.21. The number of carboxylic acid groups (broad SMARTS) is 1. The van der Waals surface area contributed by atoms with Crippen LogP contribution in [0.5, 0.6) is 0 Å². The molecule has 0 bridgehead atoms. The maximum atomic E-state index is 10.9. The predicted molar refractivity (Wildman–Crippen MR) is 62.3 cm³/mol. The highest BCUT2D eigenvalue weighted by atomic mass is 16.4. The zero-order valence-electron chi connectivity index (χ0n) is 10.3. The number of aliphatic carboxylic acids is 1. The third-order valence-corrected chi connectivity index (χ3v) is 2.31. The predicted octanol–water partition coefficient (Wildman–Crippen LogP) is 0.698. The molecular formula is C11H22N2O3. The van der Waals surface area contributed by atoms with Gasteiger partial charge in [-0.2, -0.15) is 0 Å². The lowest BCUT2D eigenvalue weighted by molar-refractivity contribution is -0.142. The van der Waals surface area contributed by atoms with Gasteiger partial charge in [0.25, 0.3) is 0 Å². The van der Waals surface area contributed by atoms with Gasteiger partial charge in [-0.25, -0.2) is 4.79 Å². The van der Waals surface area contributed by atoms with Gasteiger partial charge in [0.15, 0.2) is 0 Å². The summed E-state index contributed by atoms with van der Waals surface area (Å²) >= 11 is 0. The molecule has 0 aromatic carbocycles. The summed E-state index contributed by atoms with van der Waals surface area (Å²) in [5, 5.41) is 11.3. The van der Waals surface area contributed by atoms with Gasteiger partial charge in [0.2, 0.25) is 5.91 Å². The number of carboxylic acids is 1. The van der Waals surface area contributed by atoms with Crippen LogP contribution in [-0.4, -0.2) is 48.1 Å². The molecule has 0 aliphatic carbocycles.